The van der Waals surface area contributed by atoms with Crippen molar-refractivity contribution in [1.29, 1.82) is 0 Å². The number of nitrogens with one attached hydrogen (secondary N) is 1. The van der Waals surface area contributed by atoms with Crippen molar-refractivity contribution in [1.82, 2.24) is 14.8 Å². The van der Waals surface area contributed by atoms with Crippen LogP contribution < -0.4 is 5.32 Å². The lowest BCUT2D eigenvalue weighted by atomic mass is 10.0. The molecule has 1 aromatic heterocycles. The summed E-state index contributed by atoms with van der Waals surface area (Å²) >= 11 is 0. The van der Waals surface area contributed by atoms with Gasteiger partial charge in [-0.15, -0.1) is 0 Å². The van der Waals surface area contributed by atoms with Crippen LogP contribution in [0.25, 0.3) is 0 Å². The van der Waals surface area contributed by atoms with Crippen molar-refractivity contribution in [2.45, 2.75) is 31.4 Å². The summed E-state index contributed by atoms with van der Waals surface area (Å²) in [6, 6.07) is 6.75. The van der Waals surface area contributed by atoms with Crippen LogP contribution in [0.3, 0.4) is 0 Å². The van der Waals surface area contributed by atoms with Crippen molar-refractivity contribution in [3.63, 3.8) is 0 Å². The van der Waals surface area contributed by atoms with Crippen molar-refractivity contribution in [2.24, 2.45) is 0 Å². The minimum Gasteiger partial charge on any atom is -0.370 e. The fourth-order valence-electron chi connectivity index (χ4n) is 3.06. The lowest BCUT2D eigenvalue weighted by Crippen LogP contribution is -2.24. The molecule has 1 aromatic carbocycles. The number of nitrogens with zero attached hydrogens (tertiary/aromatic N) is 3. The molecule has 2 aliphatic heterocycles. The third-order valence-corrected chi connectivity index (χ3v) is 4.09. The first-order chi connectivity index (χ1) is 10.3. The molecule has 21 heavy (non-hydrogen) atoms. The molecule has 3 heterocycles. The number of benzene rings is 1. The zero-order valence-electron chi connectivity index (χ0n) is 11.6. The van der Waals surface area contributed by atoms with E-state index in [1.807, 2.05) is 10.7 Å². The van der Waals surface area contributed by atoms with Crippen molar-refractivity contribution in [2.75, 3.05) is 18.5 Å². The number of ether oxygens (including phenoxy) is 1. The van der Waals surface area contributed by atoms with Gasteiger partial charge in [0.1, 0.15) is 11.9 Å². The second kappa shape index (κ2) is 5.11. The van der Waals surface area contributed by atoms with Gasteiger partial charge in [0, 0.05) is 13.2 Å². The van der Waals surface area contributed by atoms with Gasteiger partial charge in [0.2, 0.25) is 5.95 Å². The van der Waals surface area contributed by atoms with E-state index in [0.717, 1.165) is 49.8 Å². The van der Waals surface area contributed by atoms with Gasteiger partial charge in [0.15, 0.2) is 5.82 Å². The lowest BCUT2D eigenvalue weighted by molar-refractivity contribution is 0.105. The molecule has 0 radical (unpaired) electrons. The van der Waals surface area contributed by atoms with Crippen LogP contribution in [0.1, 0.15) is 42.8 Å². The SMILES string of the molecule is Fc1cccc(C2CCNc3nc(C4CCCO4)nn32)c1. The Morgan fingerprint density at radius 2 is 2.29 bits per heavy atom. The molecule has 1 N–H and O–H groups in total. The molecule has 2 atom stereocenters. The molecule has 2 unspecified atom stereocenters. The van der Waals surface area contributed by atoms with Gasteiger partial charge >= 0.3 is 0 Å². The molecule has 2 aromatic rings. The normalized spacial score (nSPS) is 24.6. The van der Waals surface area contributed by atoms with Gasteiger partial charge in [-0.3, -0.25) is 0 Å². The highest BCUT2D eigenvalue weighted by Gasteiger charge is 2.29. The number of halogens is 1. The van der Waals surface area contributed by atoms with Crippen LogP contribution in [0.15, 0.2) is 24.3 Å². The Kier molecular flexibility index (Phi) is 3.11. The van der Waals surface area contributed by atoms with Gasteiger partial charge in [-0.2, -0.15) is 10.1 Å². The Morgan fingerprint density at radius 3 is 3.10 bits per heavy atom. The number of hydrogen-bond donors (Lipinski definition) is 1. The second-order valence-corrected chi connectivity index (χ2v) is 5.53. The van der Waals surface area contributed by atoms with E-state index in [1.165, 1.54) is 6.07 Å². The second-order valence-electron chi connectivity index (χ2n) is 5.53. The molecule has 1 fully saturated rings. The molecule has 0 amide bonds. The zero-order chi connectivity index (χ0) is 14.2. The maximum atomic E-state index is 13.5. The third-order valence-electron chi connectivity index (χ3n) is 4.09. The number of rotatable bonds is 2. The molecule has 2 aliphatic rings. The highest BCUT2D eigenvalue weighted by Crippen LogP contribution is 2.32. The average molecular weight is 288 g/mol. The molecule has 6 heteroatoms. The fourth-order valence-corrected chi connectivity index (χ4v) is 3.06. The van der Waals surface area contributed by atoms with Crippen LogP contribution >= 0.6 is 0 Å². The van der Waals surface area contributed by atoms with E-state index < -0.39 is 0 Å². The molecular weight excluding hydrogens is 271 g/mol. The topological polar surface area (TPSA) is 52.0 Å². The van der Waals surface area contributed by atoms with Gasteiger partial charge in [0.05, 0.1) is 6.04 Å². The van der Waals surface area contributed by atoms with Gasteiger partial charge in [-0.1, -0.05) is 12.1 Å². The molecule has 1 saturated heterocycles. The van der Waals surface area contributed by atoms with Crippen LogP contribution in [0, 0.1) is 5.82 Å². The van der Waals surface area contributed by atoms with Gasteiger partial charge < -0.3 is 10.1 Å². The van der Waals surface area contributed by atoms with E-state index >= 15 is 0 Å². The molecule has 5 nitrogen and oxygen atoms in total. The summed E-state index contributed by atoms with van der Waals surface area (Å²) < 4.78 is 21.0. The summed E-state index contributed by atoms with van der Waals surface area (Å²) in [5.74, 6) is 1.27. The Morgan fingerprint density at radius 1 is 1.33 bits per heavy atom. The zero-order valence-corrected chi connectivity index (χ0v) is 11.6. The fraction of sp³-hybridized carbons (Fsp3) is 0.467. The molecule has 0 bridgehead atoms. The van der Waals surface area contributed by atoms with E-state index in [1.54, 1.807) is 12.1 Å². The van der Waals surface area contributed by atoms with Crippen LogP contribution in [0.2, 0.25) is 0 Å². The van der Waals surface area contributed by atoms with Crippen LogP contribution in [0.5, 0.6) is 0 Å². The smallest absolute Gasteiger partial charge is 0.222 e. The number of anilines is 1. The maximum Gasteiger partial charge on any atom is 0.222 e. The molecule has 4 rings (SSSR count). The largest absolute Gasteiger partial charge is 0.370 e. The van der Waals surface area contributed by atoms with E-state index in [-0.39, 0.29) is 18.0 Å². The first kappa shape index (κ1) is 12.8. The van der Waals surface area contributed by atoms with Gasteiger partial charge in [-0.25, -0.2) is 9.07 Å². The summed E-state index contributed by atoms with van der Waals surface area (Å²) in [6.07, 6.45) is 2.88. The van der Waals surface area contributed by atoms with Crippen LogP contribution in [0.4, 0.5) is 10.3 Å². The highest BCUT2D eigenvalue weighted by molar-refractivity contribution is 5.33. The van der Waals surface area contributed by atoms with E-state index in [4.69, 9.17) is 4.74 Å². The minimum absolute atomic E-state index is 0.00180. The molecule has 0 saturated carbocycles. The first-order valence-corrected chi connectivity index (χ1v) is 7.38. The lowest BCUT2D eigenvalue weighted by Gasteiger charge is -2.24. The Bertz CT molecular complexity index is 651. The Hall–Kier alpha value is -1.95. The molecule has 0 spiro atoms. The molecule has 110 valence electrons. The van der Waals surface area contributed by atoms with Crippen molar-refractivity contribution >= 4 is 5.95 Å². The van der Waals surface area contributed by atoms with Crippen LogP contribution in [-0.4, -0.2) is 27.9 Å². The summed E-state index contributed by atoms with van der Waals surface area (Å²) in [6.45, 7) is 1.58. The van der Waals surface area contributed by atoms with Crippen molar-refractivity contribution in [3.05, 3.63) is 41.5 Å². The quantitative estimate of drug-likeness (QED) is 0.923. The summed E-state index contributed by atoms with van der Waals surface area (Å²) in [5.41, 5.74) is 0.932. The van der Waals surface area contributed by atoms with E-state index in [0.29, 0.717) is 0 Å². The maximum absolute atomic E-state index is 13.5. The first-order valence-electron chi connectivity index (χ1n) is 7.38. The standard InChI is InChI=1S/C15H17FN4O/c16-11-4-1-3-10(9-11)12-6-7-17-15-18-14(19-20(12)15)13-5-2-8-21-13/h1,3-4,9,12-13H,2,5-8H2,(H,17,18,19). The number of hydrogen-bond acceptors (Lipinski definition) is 4. The third kappa shape index (κ3) is 2.29. The summed E-state index contributed by atoms with van der Waals surface area (Å²) in [7, 11) is 0. The monoisotopic (exact) mass is 288 g/mol. The Balaban J connectivity index is 1.70. The van der Waals surface area contributed by atoms with Gasteiger partial charge in [0.25, 0.3) is 0 Å². The van der Waals surface area contributed by atoms with Gasteiger partial charge in [-0.05, 0) is 37.0 Å². The van der Waals surface area contributed by atoms with E-state index in [2.05, 4.69) is 15.4 Å². The predicted octanol–water partition coefficient (Wildman–Crippen LogP) is 2.67. The summed E-state index contributed by atoms with van der Waals surface area (Å²) in [4.78, 5) is 4.55. The predicted molar refractivity (Wildman–Crippen MR) is 75.6 cm³/mol. The molecular formula is C15H17FN4O. The van der Waals surface area contributed by atoms with Crippen molar-refractivity contribution in [3.8, 4) is 0 Å². The van der Waals surface area contributed by atoms with E-state index in [9.17, 15) is 4.39 Å². The minimum atomic E-state index is -0.216. The van der Waals surface area contributed by atoms with Crippen molar-refractivity contribution < 1.29 is 9.13 Å². The summed E-state index contributed by atoms with van der Waals surface area (Å²) in [5, 5.41) is 7.88. The van der Waals surface area contributed by atoms with Crippen LogP contribution in [-0.2, 0) is 4.74 Å². The number of aromatic nitrogens is 3. The highest BCUT2D eigenvalue weighted by atomic mass is 19.1. The number of fused-ring (bicyclic) bond motifs is 1. The average Bonchev–Trinajstić information content (AvgIpc) is 3.15. The Labute approximate surface area is 122 Å². The molecule has 0 aliphatic carbocycles.